The maximum atomic E-state index is 13.5. The van der Waals surface area contributed by atoms with E-state index in [4.69, 9.17) is 23.2 Å². The lowest BCUT2D eigenvalue weighted by atomic mass is 10.1. The van der Waals surface area contributed by atoms with Gasteiger partial charge < -0.3 is 10.2 Å². The number of likely N-dealkylation sites (N-methyl/N-ethyl adjacent to an activating group) is 1. The zero-order valence-electron chi connectivity index (χ0n) is 18.5. The summed E-state index contributed by atoms with van der Waals surface area (Å²) < 4.78 is 26.7. The molecule has 2 aromatic carbocycles. The molecule has 7 nitrogen and oxygen atoms in total. The van der Waals surface area contributed by atoms with Crippen molar-refractivity contribution in [1.82, 2.24) is 10.2 Å². The Bertz CT molecular complexity index is 1110. The molecule has 0 heterocycles. The number of nitrogens with one attached hydrogen (secondary N) is 1. The lowest BCUT2D eigenvalue weighted by molar-refractivity contribution is -0.140. The number of sulfonamides is 1. The van der Waals surface area contributed by atoms with E-state index in [1.807, 2.05) is 0 Å². The molecule has 0 bridgehead atoms. The summed E-state index contributed by atoms with van der Waals surface area (Å²) >= 11 is 15.5. The van der Waals surface area contributed by atoms with E-state index in [0.29, 0.717) is 38.7 Å². The smallest absolute Gasteiger partial charge is 0.244 e. The SMILES string of the molecule is CCNC(=O)C(CC)N(Cc1ccc(Cl)c(Cl)c1)C(=O)CN(c1ccccc1Br)S(C)(=O)=O. The summed E-state index contributed by atoms with van der Waals surface area (Å²) in [6.45, 7) is 3.55. The van der Waals surface area contributed by atoms with Crippen LogP contribution in [0.2, 0.25) is 10.0 Å². The molecular formula is C22H26BrCl2N3O4S. The number of anilines is 1. The Kier molecular flexibility index (Phi) is 10.0. The third-order valence-electron chi connectivity index (χ3n) is 4.87. The van der Waals surface area contributed by atoms with Crippen LogP contribution in [0, 0.1) is 0 Å². The summed E-state index contributed by atoms with van der Waals surface area (Å²) in [6, 6.07) is 10.9. The topological polar surface area (TPSA) is 86.8 Å². The summed E-state index contributed by atoms with van der Waals surface area (Å²) in [7, 11) is -3.80. The van der Waals surface area contributed by atoms with E-state index in [2.05, 4.69) is 21.2 Å². The largest absolute Gasteiger partial charge is 0.355 e. The number of para-hydroxylation sites is 1. The number of carbonyl (C=O) groups is 2. The van der Waals surface area contributed by atoms with Crippen LogP contribution in [0.25, 0.3) is 0 Å². The molecule has 0 aliphatic heterocycles. The Balaban J connectivity index is 2.47. The lowest BCUT2D eigenvalue weighted by Gasteiger charge is -2.33. The normalized spacial score (nSPS) is 12.2. The van der Waals surface area contributed by atoms with Crippen LogP contribution in [0.3, 0.4) is 0 Å². The molecule has 0 aliphatic carbocycles. The molecule has 33 heavy (non-hydrogen) atoms. The van der Waals surface area contributed by atoms with Gasteiger partial charge >= 0.3 is 0 Å². The Morgan fingerprint density at radius 1 is 1.09 bits per heavy atom. The molecule has 0 fully saturated rings. The predicted octanol–water partition coefficient (Wildman–Crippen LogP) is 4.47. The van der Waals surface area contributed by atoms with Crippen molar-refractivity contribution in [2.24, 2.45) is 0 Å². The first kappa shape index (κ1) is 27.4. The average Bonchev–Trinajstić information content (AvgIpc) is 2.74. The second kappa shape index (κ2) is 12.1. The van der Waals surface area contributed by atoms with Crippen molar-refractivity contribution in [1.29, 1.82) is 0 Å². The Morgan fingerprint density at radius 3 is 2.30 bits per heavy atom. The molecule has 0 saturated heterocycles. The first-order chi connectivity index (χ1) is 15.5. The van der Waals surface area contributed by atoms with Crippen molar-refractivity contribution < 1.29 is 18.0 Å². The molecule has 2 aromatic rings. The maximum Gasteiger partial charge on any atom is 0.244 e. The Morgan fingerprint density at radius 2 is 1.76 bits per heavy atom. The van der Waals surface area contributed by atoms with Gasteiger partial charge in [0.25, 0.3) is 0 Å². The van der Waals surface area contributed by atoms with E-state index >= 15 is 0 Å². The second-order valence-corrected chi connectivity index (χ2v) is 10.9. The highest BCUT2D eigenvalue weighted by Gasteiger charge is 2.32. The van der Waals surface area contributed by atoms with Gasteiger partial charge in [-0.3, -0.25) is 13.9 Å². The molecule has 0 spiro atoms. The fourth-order valence-corrected chi connectivity index (χ4v) is 5.09. The number of hydrogen-bond acceptors (Lipinski definition) is 4. The van der Waals surface area contributed by atoms with E-state index in [1.165, 1.54) is 4.90 Å². The van der Waals surface area contributed by atoms with Crippen LogP contribution < -0.4 is 9.62 Å². The highest BCUT2D eigenvalue weighted by molar-refractivity contribution is 9.10. The monoisotopic (exact) mass is 577 g/mol. The van der Waals surface area contributed by atoms with Crippen molar-refractivity contribution >= 4 is 66.7 Å². The molecule has 11 heteroatoms. The van der Waals surface area contributed by atoms with Crippen molar-refractivity contribution in [3.63, 3.8) is 0 Å². The molecule has 1 unspecified atom stereocenters. The predicted molar refractivity (Wildman–Crippen MR) is 136 cm³/mol. The first-order valence-corrected chi connectivity index (χ1v) is 13.6. The third kappa shape index (κ3) is 7.34. The van der Waals surface area contributed by atoms with E-state index in [0.717, 1.165) is 10.6 Å². The van der Waals surface area contributed by atoms with Crippen LogP contribution in [0.4, 0.5) is 5.69 Å². The number of carbonyl (C=O) groups excluding carboxylic acids is 2. The number of halogens is 3. The van der Waals surface area contributed by atoms with E-state index in [1.54, 1.807) is 56.3 Å². The lowest BCUT2D eigenvalue weighted by Crippen LogP contribution is -2.52. The van der Waals surface area contributed by atoms with Crippen molar-refractivity contribution in [3.8, 4) is 0 Å². The van der Waals surface area contributed by atoms with Gasteiger partial charge in [-0.15, -0.1) is 0 Å². The van der Waals surface area contributed by atoms with Gasteiger partial charge in [-0.05, 0) is 59.1 Å². The summed E-state index contributed by atoms with van der Waals surface area (Å²) in [5.74, 6) is -0.847. The Labute approximate surface area is 213 Å². The van der Waals surface area contributed by atoms with Crippen molar-refractivity contribution in [3.05, 3.63) is 62.5 Å². The van der Waals surface area contributed by atoms with Gasteiger partial charge in [-0.1, -0.05) is 48.3 Å². The fourth-order valence-electron chi connectivity index (χ4n) is 3.29. The van der Waals surface area contributed by atoms with Gasteiger partial charge in [0.2, 0.25) is 21.8 Å². The summed E-state index contributed by atoms with van der Waals surface area (Å²) in [6.07, 6.45) is 1.37. The quantitative estimate of drug-likeness (QED) is 0.451. The highest BCUT2D eigenvalue weighted by Crippen LogP contribution is 2.28. The van der Waals surface area contributed by atoms with Crippen LogP contribution in [0.5, 0.6) is 0 Å². The third-order valence-corrected chi connectivity index (χ3v) is 7.41. The summed E-state index contributed by atoms with van der Waals surface area (Å²) in [4.78, 5) is 27.6. The van der Waals surface area contributed by atoms with Gasteiger partial charge in [0.15, 0.2) is 0 Å². The summed E-state index contributed by atoms with van der Waals surface area (Å²) in [5, 5.41) is 3.43. The van der Waals surface area contributed by atoms with Crippen molar-refractivity contribution in [2.45, 2.75) is 32.9 Å². The molecule has 2 rings (SSSR count). The van der Waals surface area contributed by atoms with Crippen LogP contribution >= 0.6 is 39.1 Å². The average molecular weight is 579 g/mol. The van der Waals surface area contributed by atoms with Crippen LogP contribution in [-0.2, 0) is 26.2 Å². The number of rotatable bonds is 10. The first-order valence-electron chi connectivity index (χ1n) is 10.2. The number of benzene rings is 2. The van der Waals surface area contributed by atoms with Gasteiger partial charge in [-0.2, -0.15) is 0 Å². The molecule has 1 atom stereocenters. The Hall–Kier alpha value is -1.81. The molecule has 2 amide bonds. The van der Waals surface area contributed by atoms with Gasteiger partial charge in [0, 0.05) is 17.6 Å². The number of nitrogens with zero attached hydrogens (tertiary/aromatic N) is 2. The molecule has 0 aliphatic rings. The highest BCUT2D eigenvalue weighted by atomic mass is 79.9. The molecule has 1 N–H and O–H groups in total. The molecule has 180 valence electrons. The molecule has 0 radical (unpaired) electrons. The fraction of sp³-hybridized carbons (Fsp3) is 0.364. The molecule has 0 saturated carbocycles. The van der Waals surface area contributed by atoms with Gasteiger partial charge in [-0.25, -0.2) is 8.42 Å². The van der Waals surface area contributed by atoms with Crippen LogP contribution in [0.1, 0.15) is 25.8 Å². The number of amides is 2. The maximum absolute atomic E-state index is 13.5. The standard InChI is InChI=1S/C22H26BrCl2N3O4S/c1-4-19(22(30)26-5-2)27(13-15-10-11-17(24)18(25)12-15)21(29)14-28(33(3,31)32)20-9-7-6-8-16(20)23/h6-12,19H,4-5,13-14H2,1-3H3,(H,26,30). The van der Waals surface area contributed by atoms with Gasteiger partial charge in [0.05, 0.1) is 22.0 Å². The molecular weight excluding hydrogens is 553 g/mol. The van der Waals surface area contributed by atoms with Crippen molar-refractivity contribution in [2.75, 3.05) is 23.7 Å². The molecule has 0 aromatic heterocycles. The van der Waals surface area contributed by atoms with E-state index in [-0.39, 0.29) is 12.5 Å². The zero-order valence-corrected chi connectivity index (χ0v) is 22.4. The minimum atomic E-state index is -3.80. The summed E-state index contributed by atoms with van der Waals surface area (Å²) in [5.41, 5.74) is 0.987. The van der Waals surface area contributed by atoms with E-state index in [9.17, 15) is 18.0 Å². The minimum absolute atomic E-state index is 0.0545. The number of hydrogen-bond donors (Lipinski definition) is 1. The minimum Gasteiger partial charge on any atom is -0.355 e. The van der Waals surface area contributed by atoms with E-state index < -0.39 is 28.5 Å². The van der Waals surface area contributed by atoms with Crippen LogP contribution in [0.15, 0.2) is 46.9 Å². The van der Waals surface area contributed by atoms with Gasteiger partial charge in [0.1, 0.15) is 12.6 Å². The second-order valence-electron chi connectivity index (χ2n) is 7.31. The van der Waals surface area contributed by atoms with Crippen LogP contribution in [-0.4, -0.2) is 50.5 Å². The zero-order chi connectivity index (χ0) is 24.8.